The van der Waals surface area contributed by atoms with Gasteiger partial charge in [0.2, 0.25) is 0 Å². The summed E-state index contributed by atoms with van der Waals surface area (Å²) in [6, 6.07) is 4.50. The summed E-state index contributed by atoms with van der Waals surface area (Å²) >= 11 is 11.5. The molecule has 2 aromatic rings. The van der Waals surface area contributed by atoms with Crippen molar-refractivity contribution in [3.8, 4) is 0 Å². The molecule has 0 saturated carbocycles. The van der Waals surface area contributed by atoms with E-state index in [0.29, 0.717) is 12.1 Å². The Balaban J connectivity index is 2.49. The highest BCUT2D eigenvalue weighted by atomic mass is 35.5. The highest BCUT2D eigenvalue weighted by Gasteiger charge is 2.21. The fraction of sp³-hybridized carbons (Fsp3) is 0.0769. The fourth-order valence-electron chi connectivity index (χ4n) is 1.63. The molecule has 0 amide bonds. The van der Waals surface area contributed by atoms with Crippen LogP contribution in [0.4, 0.5) is 17.6 Å². The molecule has 19 heavy (non-hydrogen) atoms. The summed E-state index contributed by atoms with van der Waals surface area (Å²) in [5.74, 6) is -3.94. The molecule has 0 saturated heterocycles. The highest BCUT2D eigenvalue weighted by Crippen LogP contribution is 2.34. The third-order valence-corrected chi connectivity index (χ3v) is 3.29. The normalized spacial score (nSPS) is 12.5. The van der Waals surface area contributed by atoms with Crippen LogP contribution in [0.2, 0.25) is 5.02 Å². The lowest BCUT2D eigenvalue weighted by Gasteiger charge is -2.13. The summed E-state index contributed by atoms with van der Waals surface area (Å²) in [6.45, 7) is 0. The Morgan fingerprint density at radius 2 is 1.42 bits per heavy atom. The van der Waals surface area contributed by atoms with Crippen molar-refractivity contribution in [1.82, 2.24) is 0 Å². The van der Waals surface area contributed by atoms with Gasteiger partial charge >= 0.3 is 0 Å². The lowest BCUT2D eigenvalue weighted by Crippen LogP contribution is -2.02. The van der Waals surface area contributed by atoms with Crippen LogP contribution in [0.25, 0.3) is 0 Å². The molecule has 6 heteroatoms. The lowest BCUT2D eigenvalue weighted by molar-refractivity contribution is 0.526. The van der Waals surface area contributed by atoms with Gasteiger partial charge in [0.1, 0.15) is 23.3 Å². The first-order valence-corrected chi connectivity index (χ1v) is 5.95. The molecule has 1 unspecified atom stereocenters. The standard InChI is InChI=1S/C13H6Cl2F4/c14-8-3-6(1-2-9(8)17)13(15)12-10(18)4-7(16)5-11(12)19/h1-5,13H. The average molecular weight is 309 g/mol. The van der Waals surface area contributed by atoms with Crippen LogP contribution in [0.15, 0.2) is 30.3 Å². The van der Waals surface area contributed by atoms with Crippen molar-refractivity contribution < 1.29 is 17.6 Å². The molecular weight excluding hydrogens is 303 g/mol. The van der Waals surface area contributed by atoms with E-state index in [2.05, 4.69) is 0 Å². The zero-order chi connectivity index (χ0) is 14.2. The molecule has 100 valence electrons. The van der Waals surface area contributed by atoms with Gasteiger partial charge in [0.05, 0.1) is 10.4 Å². The van der Waals surface area contributed by atoms with Gasteiger partial charge in [-0.3, -0.25) is 0 Å². The van der Waals surface area contributed by atoms with Crippen molar-refractivity contribution in [3.63, 3.8) is 0 Å². The van der Waals surface area contributed by atoms with E-state index in [9.17, 15) is 17.6 Å². The molecule has 0 heterocycles. The lowest BCUT2D eigenvalue weighted by atomic mass is 10.0. The van der Waals surface area contributed by atoms with Gasteiger partial charge in [0.15, 0.2) is 0 Å². The molecule has 0 N–H and O–H groups in total. The van der Waals surface area contributed by atoms with Gasteiger partial charge in [0, 0.05) is 17.7 Å². The van der Waals surface area contributed by atoms with Crippen molar-refractivity contribution in [2.75, 3.05) is 0 Å². The van der Waals surface area contributed by atoms with Crippen LogP contribution < -0.4 is 0 Å². The summed E-state index contributed by atoms with van der Waals surface area (Å²) in [4.78, 5) is 0. The van der Waals surface area contributed by atoms with Crippen LogP contribution >= 0.6 is 23.2 Å². The largest absolute Gasteiger partial charge is 0.207 e. The van der Waals surface area contributed by atoms with E-state index in [0.717, 1.165) is 12.1 Å². The van der Waals surface area contributed by atoms with Gasteiger partial charge < -0.3 is 0 Å². The summed E-state index contributed by atoms with van der Waals surface area (Å²) in [7, 11) is 0. The molecule has 0 radical (unpaired) electrons. The smallest absolute Gasteiger partial charge is 0.141 e. The Bertz CT molecular complexity index is 605. The van der Waals surface area contributed by atoms with Crippen LogP contribution in [0.5, 0.6) is 0 Å². The number of rotatable bonds is 2. The molecule has 0 aliphatic rings. The number of alkyl halides is 1. The Morgan fingerprint density at radius 1 is 0.842 bits per heavy atom. The SMILES string of the molecule is Fc1cc(F)c(C(Cl)c2ccc(F)c(Cl)c2)c(F)c1. The molecule has 0 spiro atoms. The third-order valence-electron chi connectivity index (χ3n) is 2.53. The van der Waals surface area contributed by atoms with Crippen molar-refractivity contribution in [2.24, 2.45) is 0 Å². The van der Waals surface area contributed by atoms with Gasteiger partial charge in [-0.25, -0.2) is 17.6 Å². The van der Waals surface area contributed by atoms with Crippen molar-refractivity contribution in [3.05, 3.63) is 69.8 Å². The number of benzene rings is 2. The van der Waals surface area contributed by atoms with E-state index >= 15 is 0 Å². The van der Waals surface area contributed by atoms with Gasteiger partial charge in [-0.1, -0.05) is 17.7 Å². The maximum Gasteiger partial charge on any atom is 0.141 e. The second kappa shape index (κ2) is 5.39. The summed E-state index contributed by atoms with van der Waals surface area (Å²) in [5, 5.41) is -1.45. The molecule has 0 fully saturated rings. The minimum atomic E-state index is -1.24. The Morgan fingerprint density at radius 3 is 1.95 bits per heavy atom. The van der Waals surface area contributed by atoms with Crippen LogP contribution in [0, 0.1) is 23.3 Å². The third kappa shape index (κ3) is 2.85. The van der Waals surface area contributed by atoms with Gasteiger partial charge in [0.25, 0.3) is 0 Å². The molecule has 0 bridgehead atoms. The van der Waals surface area contributed by atoms with Crippen LogP contribution in [0.3, 0.4) is 0 Å². The van der Waals surface area contributed by atoms with Crippen LogP contribution in [-0.2, 0) is 0 Å². The van der Waals surface area contributed by atoms with Gasteiger partial charge in [-0.15, -0.1) is 11.6 Å². The fourth-order valence-corrected chi connectivity index (χ4v) is 2.17. The monoisotopic (exact) mass is 308 g/mol. The predicted octanol–water partition coefficient (Wildman–Crippen LogP) is 5.22. The van der Waals surface area contributed by atoms with E-state index in [4.69, 9.17) is 23.2 Å². The molecule has 0 nitrogen and oxygen atoms in total. The summed E-state index contributed by atoms with van der Waals surface area (Å²) in [5.41, 5.74) is -0.303. The highest BCUT2D eigenvalue weighted by molar-refractivity contribution is 6.31. The molecule has 0 aromatic heterocycles. The first-order chi connectivity index (χ1) is 8.90. The molecule has 2 aromatic carbocycles. The second-order valence-corrected chi connectivity index (χ2v) is 4.66. The average Bonchev–Trinajstić information content (AvgIpc) is 2.31. The van der Waals surface area contributed by atoms with Crippen molar-refractivity contribution in [2.45, 2.75) is 5.38 Å². The van der Waals surface area contributed by atoms with Gasteiger partial charge in [-0.2, -0.15) is 0 Å². The number of hydrogen-bond acceptors (Lipinski definition) is 0. The van der Waals surface area contributed by atoms with E-state index in [-0.39, 0.29) is 10.6 Å². The van der Waals surface area contributed by atoms with E-state index in [1.165, 1.54) is 6.07 Å². The first-order valence-electron chi connectivity index (χ1n) is 5.13. The van der Waals surface area contributed by atoms with Gasteiger partial charge in [-0.05, 0) is 17.7 Å². The zero-order valence-electron chi connectivity index (χ0n) is 9.23. The Labute approximate surface area is 116 Å². The topological polar surface area (TPSA) is 0 Å². The molecule has 0 aliphatic carbocycles. The number of hydrogen-bond donors (Lipinski definition) is 0. The zero-order valence-corrected chi connectivity index (χ0v) is 10.7. The van der Waals surface area contributed by atoms with Crippen LogP contribution in [-0.4, -0.2) is 0 Å². The quantitative estimate of drug-likeness (QED) is 0.527. The van der Waals surface area contributed by atoms with E-state index < -0.39 is 34.2 Å². The minimum absolute atomic E-state index is 0.206. The summed E-state index contributed by atoms with van der Waals surface area (Å²) < 4.78 is 52.9. The Kier molecular flexibility index (Phi) is 4.02. The van der Waals surface area contributed by atoms with E-state index in [1.807, 2.05) is 0 Å². The van der Waals surface area contributed by atoms with Crippen LogP contribution in [0.1, 0.15) is 16.5 Å². The van der Waals surface area contributed by atoms with Crippen molar-refractivity contribution >= 4 is 23.2 Å². The van der Waals surface area contributed by atoms with Crippen molar-refractivity contribution in [1.29, 1.82) is 0 Å². The van der Waals surface area contributed by atoms with E-state index in [1.54, 1.807) is 0 Å². The molecule has 0 aliphatic heterocycles. The number of halogens is 6. The molecule has 2 rings (SSSR count). The maximum absolute atomic E-state index is 13.6. The maximum atomic E-state index is 13.6. The summed E-state index contributed by atoms with van der Waals surface area (Å²) in [6.07, 6.45) is 0. The first kappa shape index (κ1) is 14.2. The molecule has 1 atom stereocenters. The molecular formula is C13H6Cl2F4. The second-order valence-electron chi connectivity index (χ2n) is 3.82. The Hall–Kier alpha value is -1.26. The predicted molar refractivity (Wildman–Crippen MR) is 65.4 cm³/mol. The minimum Gasteiger partial charge on any atom is -0.207 e.